The van der Waals surface area contributed by atoms with Crippen LogP contribution < -0.4 is 11.3 Å². The quantitative estimate of drug-likeness (QED) is 0.473. The lowest BCUT2D eigenvalue weighted by Crippen LogP contribution is -2.10. The minimum absolute atomic E-state index is 0.316. The molecule has 4 N–H and O–H groups in total. The van der Waals surface area contributed by atoms with Crippen LogP contribution in [0.2, 0.25) is 0 Å². The average Bonchev–Trinajstić information content (AvgIpc) is 2.09. The van der Waals surface area contributed by atoms with Gasteiger partial charge in [-0.3, -0.25) is 5.84 Å². The highest BCUT2D eigenvalue weighted by Gasteiger charge is 2.10. The van der Waals surface area contributed by atoms with Crippen LogP contribution in [-0.2, 0) is 0 Å². The van der Waals surface area contributed by atoms with Crippen molar-refractivity contribution in [2.45, 2.75) is 13.8 Å². The third-order valence-electron chi connectivity index (χ3n) is 2.17. The van der Waals surface area contributed by atoms with Gasteiger partial charge in [-0.05, 0) is 37.1 Å². The van der Waals surface area contributed by atoms with Crippen molar-refractivity contribution in [3.05, 3.63) is 28.8 Å². The summed E-state index contributed by atoms with van der Waals surface area (Å²) >= 11 is 0. The molecule has 0 fully saturated rings. The van der Waals surface area contributed by atoms with E-state index >= 15 is 0 Å². The molecule has 4 nitrogen and oxygen atoms in total. The minimum atomic E-state index is -0.913. The largest absolute Gasteiger partial charge is 0.478 e. The Bertz CT molecular complexity index is 348. The van der Waals surface area contributed by atoms with Gasteiger partial charge in [-0.15, -0.1) is 0 Å². The molecule has 13 heavy (non-hydrogen) atoms. The van der Waals surface area contributed by atoms with Crippen molar-refractivity contribution < 1.29 is 9.90 Å². The number of rotatable bonds is 2. The molecule has 0 amide bonds. The molecule has 0 unspecified atom stereocenters. The Labute approximate surface area is 76.3 Å². The van der Waals surface area contributed by atoms with Crippen LogP contribution in [0.3, 0.4) is 0 Å². The molecule has 0 aliphatic carbocycles. The zero-order chi connectivity index (χ0) is 10.0. The van der Waals surface area contributed by atoms with Crippen LogP contribution in [0.4, 0.5) is 5.69 Å². The van der Waals surface area contributed by atoms with Crippen molar-refractivity contribution in [2.75, 3.05) is 5.43 Å². The summed E-state index contributed by atoms with van der Waals surface area (Å²) in [4.78, 5) is 10.7. The van der Waals surface area contributed by atoms with E-state index in [1.807, 2.05) is 6.92 Å². The van der Waals surface area contributed by atoms with E-state index < -0.39 is 5.97 Å². The number of carbonyl (C=O) groups is 1. The summed E-state index contributed by atoms with van der Waals surface area (Å²) in [5.41, 5.74) is 5.18. The molecule has 0 spiro atoms. The minimum Gasteiger partial charge on any atom is -0.478 e. The molecule has 1 aromatic rings. The molecule has 0 radical (unpaired) electrons. The molecule has 0 aromatic heterocycles. The van der Waals surface area contributed by atoms with E-state index in [4.69, 9.17) is 10.9 Å². The van der Waals surface area contributed by atoms with Gasteiger partial charge in [-0.2, -0.15) is 0 Å². The summed E-state index contributed by atoms with van der Waals surface area (Å²) in [6.45, 7) is 3.59. The molecule has 0 heterocycles. The monoisotopic (exact) mass is 180 g/mol. The highest BCUT2D eigenvalue weighted by molar-refractivity contribution is 5.90. The zero-order valence-electron chi connectivity index (χ0n) is 7.59. The van der Waals surface area contributed by atoms with Crippen LogP contribution >= 0.6 is 0 Å². The number of nitrogen functional groups attached to an aromatic ring is 1. The highest BCUT2D eigenvalue weighted by atomic mass is 16.4. The first-order valence-corrected chi connectivity index (χ1v) is 3.88. The fourth-order valence-electron chi connectivity index (χ4n) is 1.21. The number of hydrogen-bond acceptors (Lipinski definition) is 3. The first-order valence-electron chi connectivity index (χ1n) is 3.88. The molecule has 1 rings (SSSR count). The normalized spacial score (nSPS) is 9.77. The summed E-state index contributed by atoms with van der Waals surface area (Å²) in [6.07, 6.45) is 0. The lowest BCUT2D eigenvalue weighted by molar-refractivity contribution is 0.0696. The van der Waals surface area contributed by atoms with E-state index in [-0.39, 0.29) is 0 Å². The van der Waals surface area contributed by atoms with E-state index in [1.165, 1.54) is 0 Å². The van der Waals surface area contributed by atoms with Gasteiger partial charge in [-0.1, -0.05) is 0 Å². The number of carboxylic acids is 1. The number of hydrazine groups is 1. The van der Waals surface area contributed by atoms with Crippen LogP contribution in [0.15, 0.2) is 12.1 Å². The van der Waals surface area contributed by atoms with Gasteiger partial charge in [0.15, 0.2) is 0 Å². The fourth-order valence-corrected chi connectivity index (χ4v) is 1.21. The number of nitrogens with one attached hydrogen (secondary N) is 1. The summed E-state index contributed by atoms with van der Waals surface area (Å²) in [5.74, 6) is 4.34. The third kappa shape index (κ3) is 1.62. The molecular formula is C9H12N2O2. The molecule has 0 aliphatic heterocycles. The molecule has 0 saturated heterocycles. The molecule has 70 valence electrons. The highest BCUT2D eigenvalue weighted by Crippen LogP contribution is 2.20. The van der Waals surface area contributed by atoms with Crippen LogP contribution in [0.1, 0.15) is 21.5 Å². The third-order valence-corrected chi connectivity index (χ3v) is 2.17. The Hall–Kier alpha value is -1.55. The van der Waals surface area contributed by atoms with Crippen LogP contribution in [0.5, 0.6) is 0 Å². The van der Waals surface area contributed by atoms with Gasteiger partial charge in [0.1, 0.15) is 0 Å². The summed E-state index contributed by atoms with van der Waals surface area (Å²) < 4.78 is 0. The van der Waals surface area contributed by atoms with Crippen molar-refractivity contribution in [3.63, 3.8) is 0 Å². The second-order valence-electron chi connectivity index (χ2n) is 2.86. The number of aromatic carboxylic acids is 1. The van der Waals surface area contributed by atoms with E-state index in [0.717, 1.165) is 16.8 Å². The number of benzene rings is 1. The Balaban J connectivity index is 3.31. The number of carboxylic acid groups (broad SMARTS) is 1. The second kappa shape index (κ2) is 3.45. The van der Waals surface area contributed by atoms with Crippen LogP contribution in [-0.4, -0.2) is 11.1 Å². The van der Waals surface area contributed by atoms with Gasteiger partial charge < -0.3 is 10.5 Å². The topological polar surface area (TPSA) is 75.3 Å². The number of hydrogen-bond donors (Lipinski definition) is 3. The molecule has 0 bridgehead atoms. The maximum absolute atomic E-state index is 10.7. The number of anilines is 1. The van der Waals surface area contributed by atoms with Gasteiger partial charge in [0.25, 0.3) is 0 Å². The van der Waals surface area contributed by atoms with E-state index in [2.05, 4.69) is 5.43 Å². The molecule has 1 aromatic carbocycles. The predicted octanol–water partition coefficient (Wildman–Crippen LogP) is 1.29. The first-order chi connectivity index (χ1) is 6.07. The molecule has 0 atom stereocenters. The summed E-state index contributed by atoms with van der Waals surface area (Å²) in [5, 5.41) is 8.80. The smallest absolute Gasteiger partial charge is 0.335 e. The second-order valence-corrected chi connectivity index (χ2v) is 2.86. The fraction of sp³-hybridized carbons (Fsp3) is 0.222. The van der Waals surface area contributed by atoms with Gasteiger partial charge in [0, 0.05) is 0 Å². The lowest BCUT2D eigenvalue weighted by atomic mass is 10.0. The Morgan fingerprint density at radius 1 is 1.38 bits per heavy atom. The average molecular weight is 180 g/mol. The molecular weight excluding hydrogens is 168 g/mol. The van der Waals surface area contributed by atoms with E-state index in [0.29, 0.717) is 5.56 Å². The standard InChI is InChI=1S/C9H12N2O2/c1-5-6(2)8(11-10)4-3-7(5)9(12)13/h3-4,11H,10H2,1-2H3,(H,12,13). The summed E-state index contributed by atoms with van der Waals surface area (Å²) in [7, 11) is 0. The van der Waals surface area contributed by atoms with Gasteiger partial charge in [-0.25, -0.2) is 4.79 Å². The summed E-state index contributed by atoms with van der Waals surface area (Å²) in [6, 6.07) is 3.20. The van der Waals surface area contributed by atoms with Crippen molar-refractivity contribution in [1.29, 1.82) is 0 Å². The molecule has 0 saturated carbocycles. The van der Waals surface area contributed by atoms with E-state index in [9.17, 15) is 4.79 Å². The predicted molar refractivity (Wildman–Crippen MR) is 50.7 cm³/mol. The van der Waals surface area contributed by atoms with Crippen molar-refractivity contribution in [3.8, 4) is 0 Å². The van der Waals surface area contributed by atoms with E-state index in [1.54, 1.807) is 19.1 Å². The lowest BCUT2D eigenvalue weighted by Gasteiger charge is -2.09. The Morgan fingerprint density at radius 2 is 2.00 bits per heavy atom. The zero-order valence-corrected chi connectivity index (χ0v) is 7.59. The van der Waals surface area contributed by atoms with Crippen molar-refractivity contribution >= 4 is 11.7 Å². The Morgan fingerprint density at radius 3 is 2.46 bits per heavy atom. The van der Waals surface area contributed by atoms with Crippen LogP contribution in [0.25, 0.3) is 0 Å². The molecule has 0 aliphatic rings. The first kappa shape index (κ1) is 9.54. The molecule has 4 heteroatoms. The van der Waals surface area contributed by atoms with Crippen molar-refractivity contribution in [1.82, 2.24) is 0 Å². The van der Waals surface area contributed by atoms with Gasteiger partial charge >= 0.3 is 5.97 Å². The maximum Gasteiger partial charge on any atom is 0.335 e. The van der Waals surface area contributed by atoms with Gasteiger partial charge in [0.05, 0.1) is 11.3 Å². The van der Waals surface area contributed by atoms with Crippen molar-refractivity contribution in [2.24, 2.45) is 5.84 Å². The Kier molecular flexibility index (Phi) is 2.53. The van der Waals surface area contributed by atoms with Crippen LogP contribution in [0, 0.1) is 13.8 Å². The maximum atomic E-state index is 10.7. The number of nitrogens with two attached hydrogens (primary N) is 1. The SMILES string of the molecule is Cc1c(NN)ccc(C(=O)O)c1C. The van der Waals surface area contributed by atoms with Gasteiger partial charge in [0.2, 0.25) is 0 Å².